The van der Waals surface area contributed by atoms with Gasteiger partial charge in [-0.1, -0.05) is 44.2 Å². The first-order valence-electron chi connectivity index (χ1n) is 5.59. The van der Waals surface area contributed by atoms with Crippen LogP contribution in [0.1, 0.15) is 38.7 Å². The lowest BCUT2D eigenvalue weighted by Gasteiger charge is -2.22. The van der Waals surface area contributed by atoms with E-state index < -0.39 is 0 Å². The molecule has 1 aromatic carbocycles. The van der Waals surface area contributed by atoms with E-state index in [2.05, 4.69) is 44.2 Å². The Balaban J connectivity index is 2.81. The molecule has 0 saturated carbocycles. The standard InChI is InChI=1S/C14H19N/c1-11(2)14(9-12(3)10-15)13-7-5-4-6-8-13/h4-8,11-12,14H,9H2,1-3H3. The van der Waals surface area contributed by atoms with E-state index in [-0.39, 0.29) is 5.92 Å². The van der Waals surface area contributed by atoms with Crippen molar-refractivity contribution in [2.45, 2.75) is 33.1 Å². The summed E-state index contributed by atoms with van der Waals surface area (Å²) in [4.78, 5) is 0. The largest absolute Gasteiger partial charge is 0.198 e. The highest BCUT2D eigenvalue weighted by atomic mass is 14.3. The highest BCUT2D eigenvalue weighted by molar-refractivity contribution is 5.20. The van der Waals surface area contributed by atoms with Crippen LogP contribution in [0.15, 0.2) is 30.3 Å². The van der Waals surface area contributed by atoms with E-state index in [4.69, 9.17) is 5.26 Å². The molecule has 1 rings (SSSR count). The quantitative estimate of drug-likeness (QED) is 0.723. The number of benzene rings is 1. The molecule has 0 N–H and O–H groups in total. The Hall–Kier alpha value is -1.29. The molecule has 0 aliphatic heterocycles. The van der Waals surface area contributed by atoms with Gasteiger partial charge in [0.2, 0.25) is 0 Å². The summed E-state index contributed by atoms with van der Waals surface area (Å²) < 4.78 is 0. The number of nitrogens with zero attached hydrogens (tertiary/aromatic N) is 1. The topological polar surface area (TPSA) is 23.8 Å². The van der Waals surface area contributed by atoms with Gasteiger partial charge < -0.3 is 0 Å². The Kier molecular flexibility index (Phi) is 4.37. The summed E-state index contributed by atoms with van der Waals surface area (Å²) in [5.74, 6) is 1.22. The Labute approximate surface area is 92.7 Å². The lowest BCUT2D eigenvalue weighted by molar-refractivity contribution is 0.431. The molecule has 0 spiro atoms. The Morgan fingerprint density at radius 1 is 1.13 bits per heavy atom. The van der Waals surface area contributed by atoms with Gasteiger partial charge in [0, 0.05) is 5.92 Å². The molecule has 0 saturated heterocycles. The second-order valence-electron chi connectivity index (χ2n) is 4.53. The summed E-state index contributed by atoms with van der Waals surface area (Å²) in [6.07, 6.45) is 0.957. The van der Waals surface area contributed by atoms with Crippen LogP contribution in [0.5, 0.6) is 0 Å². The molecule has 0 aliphatic rings. The van der Waals surface area contributed by atoms with Gasteiger partial charge in [0.1, 0.15) is 0 Å². The monoisotopic (exact) mass is 201 g/mol. The molecule has 0 fully saturated rings. The van der Waals surface area contributed by atoms with E-state index in [1.807, 2.05) is 13.0 Å². The van der Waals surface area contributed by atoms with Crippen LogP contribution in [-0.4, -0.2) is 0 Å². The van der Waals surface area contributed by atoms with E-state index in [0.29, 0.717) is 11.8 Å². The predicted octanol–water partition coefficient (Wildman–Crippen LogP) is 3.98. The van der Waals surface area contributed by atoms with Crippen molar-refractivity contribution in [1.29, 1.82) is 5.26 Å². The maximum absolute atomic E-state index is 8.86. The van der Waals surface area contributed by atoms with E-state index >= 15 is 0 Å². The summed E-state index contributed by atoms with van der Waals surface area (Å²) in [7, 11) is 0. The summed E-state index contributed by atoms with van der Waals surface area (Å²) in [6.45, 7) is 6.45. The molecule has 80 valence electrons. The van der Waals surface area contributed by atoms with Crippen molar-refractivity contribution in [3.05, 3.63) is 35.9 Å². The van der Waals surface area contributed by atoms with Crippen molar-refractivity contribution >= 4 is 0 Å². The molecule has 15 heavy (non-hydrogen) atoms. The zero-order valence-corrected chi connectivity index (χ0v) is 9.77. The Morgan fingerprint density at radius 3 is 2.20 bits per heavy atom. The van der Waals surface area contributed by atoms with Gasteiger partial charge in [0.05, 0.1) is 6.07 Å². The second-order valence-corrected chi connectivity index (χ2v) is 4.53. The summed E-state index contributed by atoms with van der Waals surface area (Å²) in [5, 5.41) is 8.86. The third-order valence-electron chi connectivity index (χ3n) is 2.86. The molecule has 0 amide bonds. The third kappa shape index (κ3) is 3.40. The Morgan fingerprint density at radius 2 is 1.73 bits per heavy atom. The molecule has 0 radical (unpaired) electrons. The minimum absolute atomic E-state index is 0.137. The third-order valence-corrected chi connectivity index (χ3v) is 2.86. The van der Waals surface area contributed by atoms with Crippen LogP contribution in [0.25, 0.3) is 0 Å². The fraction of sp³-hybridized carbons (Fsp3) is 0.500. The number of nitriles is 1. The average Bonchev–Trinajstić information content (AvgIpc) is 2.26. The normalized spacial score (nSPS) is 14.6. The molecule has 0 heterocycles. The summed E-state index contributed by atoms with van der Waals surface area (Å²) in [5.41, 5.74) is 1.36. The van der Waals surface area contributed by atoms with Gasteiger partial charge in [-0.05, 0) is 30.7 Å². The molecule has 0 aromatic heterocycles. The molecule has 2 unspecified atom stereocenters. The summed E-state index contributed by atoms with van der Waals surface area (Å²) >= 11 is 0. The fourth-order valence-electron chi connectivity index (χ4n) is 1.93. The highest BCUT2D eigenvalue weighted by Gasteiger charge is 2.18. The van der Waals surface area contributed by atoms with Crippen molar-refractivity contribution in [2.24, 2.45) is 11.8 Å². The van der Waals surface area contributed by atoms with Crippen molar-refractivity contribution in [3.63, 3.8) is 0 Å². The average molecular weight is 201 g/mol. The van der Waals surface area contributed by atoms with E-state index in [1.54, 1.807) is 0 Å². The molecule has 0 bridgehead atoms. The first kappa shape index (κ1) is 11.8. The zero-order chi connectivity index (χ0) is 11.3. The molecular formula is C14H19N. The maximum atomic E-state index is 8.86. The minimum atomic E-state index is 0.137. The van der Waals surface area contributed by atoms with Crippen molar-refractivity contribution < 1.29 is 0 Å². The fourth-order valence-corrected chi connectivity index (χ4v) is 1.93. The number of hydrogen-bond acceptors (Lipinski definition) is 1. The van der Waals surface area contributed by atoms with Crippen LogP contribution in [-0.2, 0) is 0 Å². The van der Waals surface area contributed by atoms with Crippen LogP contribution in [0.3, 0.4) is 0 Å². The van der Waals surface area contributed by atoms with Crippen molar-refractivity contribution in [2.75, 3.05) is 0 Å². The van der Waals surface area contributed by atoms with Crippen LogP contribution in [0, 0.1) is 23.2 Å². The second kappa shape index (κ2) is 5.56. The number of rotatable bonds is 4. The molecule has 1 heteroatoms. The minimum Gasteiger partial charge on any atom is -0.198 e. The van der Waals surface area contributed by atoms with E-state index in [1.165, 1.54) is 5.56 Å². The predicted molar refractivity (Wildman–Crippen MR) is 63.4 cm³/mol. The highest BCUT2D eigenvalue weighted by Crippen LogP contribution is 2.30. The van der Waals surface area contributed by atoms with Crippen LogP contribution >= 0.6 is 0 Å². The van der Waals surface area contributed by atoms with Crippen molar-refractivity contribution in [3.8, 4) is 6.07 Å². The molecule has 2 atom stereocenters. The Bertz CT molecular complexity index is 321. The van der Waals surface area contributed by atoms with Gasteiger partial charge in [-0.15, -0.1) is 0 Å². The first-order chi connectivity index (χ1) is 7.15. The van der Waals surface area contributed by atoms with Gasteiger partial charge >= 0.3 is 0 Å². The smallest absolute Gasteiger partial charge is 0.0653 e. The maximum Gasteiger partial charge on any atom is 0.0653 e. The van der Waals surface area contributed by atoms with Gasteiger partial charge in [-0.25, -0.2) is 0 Å². The molecular weight excluding hydrogens is 182 g/mol. The van der Waals surface area contributed by atoms with E-state index in [9.17, 15) is 0 Å². The number of hydrogen-bond donors (Lipinski definition) is 0. The van der Waals surface area contributed by atoms with Gasteiger partial charge in [0.25, 0.3) is 0 Å². The first-order valence-corrected chi connectivity index (χ1v) is 5.59. The van der Waals surface area contributed by atoms with Crippen LogP contribution < -0.4 is 0 Å². The van der Waals surface area contributed by atoms with Gasteiger partial charge in [-0.2, -0.15) is 5.26 Å². The summed E-state index contributed by atoms with van der Waals surface area (Å²) in [6, 6.07) is 12.8. The van der Waals surface area contributed by atoms with Gasteiger partial charge in [-0.3, -0.25) is 0 Å². The molecule has 0 aliphatic carbocycles. The zero-order valence-electron chi connectivity index (χ0n) is 9.77. The van der Waals surface area contributed by atoms with Crippen LogP contribution in [0.2, 0.25) is 0 Å². The van der Waals surface area contributed by atoms with Gasteiger partial charge in [0.15, 0.2) is 0 Å². The SMILES string of the molecule is CC(C#N)CC(c1ccccc1)C(C)C. The van der Waals surface area contributed by atoms with Crippen LogP contribution in [0.4, 0.5) is 0 Å². The van der Waals surface area contributed by atoms with E-state index in [0.717, 1.165) is 6.42 Å². The van der Waals surface area contributed by atoms with Crippen molar-refractivity contribution in [1.82, 2.24) is 0 Å². The molecule has 1 nitrogen and oxygen atoms in total. The molecule has 1 aromatic rings. The lowest BCUT2D eigenvalue weighted by atomic mass is 9.82. The lowest BCUT2D eigenvalue weighted by Crippen LogP contribution is -2.10.